The zero-order valence-electron chi connectivity index (χ0n) is 15.5. The van der Waals surface area contributed by atoms with Crippen LogP contribution in [-0.4, -0.2) is 40.6 Å². The van der Waals surface area contributed by atoms with E-state index in [0.29, 0.717) is 17.3 Å². The first-order valence-corrected chi connectivity index (χ1v) is 10.2. The Hall–Kier alpha value is -2.09. The predicted molar refractivity (Wildman–Crippen MR) is 107 cm³/mol. The highest BCUT2D eigenvalue weighted by atomic mass is 35.5. The van der Waals surface area contributed by atoms with Crippen LogP contribution in [0.5, 0.6) is 0 Å². The quantitative estimate of drug-likeness (QED) is 0.725. The molecular formula is C19H23ClN2O4S. The minimum Gasteiger partial charge on any atom is -0.383 e. The largest absolute Gasteiger partial charge is 0.383 e. The van der Waals surface area contributed by atoms with Gasteiger partial charge in [-0.05, 0) is 49.7 Å². The van der Waals surface area contributed by atoms with Crippen molar-refractivity contribution in [2.24, 2.45) is 0 Å². The minimum atomic E-state index is -3.95. The lowest BCUT2D eigenvalue weighted by Crippen LogP contribution is -2.44. The molecule has 0 aromatic heterocycles. The van der Waals surface area contributed by atoms with Crippen LogP contribution in [0, 0.1) is 6.92 Å². The number of ether oxygens (including phenoxy) is 1. The van der Waals surface area contributed by atoms with Crippen LogP contribution in [0.15, 0.2) is 53.4 Å². The average Bonchev–Trinajstić information content (AvgIpc) is 2.61. The number of hydrogen-bond donors (Lipinski definition) is 1. The number of halogens is 1. The van der Waals surface area contributed by atoms with Gasteiger partial charge in [-0.15, -0.1) is 0 Å². The number of para-hydroxylation sites is 1. The Kier molecular flexibility index (Phi) is 7.24. The van der Waals surface area contributed by atoms with Crippen molar-refractivity contribution >= 4 is 33.2 Å². The van der Waals surface area contributed by atoms with Crippen molar-refractivity contribution < 1.29 is 17.9 Å². The van der Waals surface area contributed by atoms with Gasteiger partial charge < -0.3 is 10.1 Å². The summed E-state index contributed by atoms with van der Waals surface area (Å²) in [6, 6.07) is 12.6. The number of benzene rings is 2. The lowest BCUT2D eigenvalue weighted by molar-refractivity contribution is -0.120. The molecule has 0 saturated heterocycles. The number of carbonyl (C=O) groups is 1. The van der Waals surface area contributed by atoms with Crippen molar-refractivity contribution in [3.63, 3.8) is 0 Å². The first-order chi connectivity index (χ1) is 12.8. The first-order valence-electron chi connectivity index (χ1n) is 8.38. The molecule has 2 rings (SSSR count). The van der Waals surface area contributed by atoms with Crippen LogP contribution in [-0.2, 0) is 19.6 Å². The zero-order chi connectivity index (χ0) is 20.0. The first kappa shape index (κ1) is 21.2. The molecule has 0 fully saturated rings. The molecule has 0 bridgehead atoms. The number of amides is 1. The molecule has 0 aliphatic carbocycles. The van der Waals surface area contributed by atoms with Crippen LogP contribution < -0.4 is 9.62 Å². The Balaban J connectivity index is 2.40. The molecule has 2 aromatic carbocycles. The molecule has 6 nitrogen and oxygen atoms in total. The molecule has 8 heteroatoms. The van der Waals surface area contributed by atoms with E-state index >= 15 is 0 Å². The number of aryl methyl sites for hydroxylation is 1. The second-order valence-corrected chi connectivity index (χ2v) is 8.47. The fraction of sp³-hybridized carbons (Fsp3) is 0.316. The Bertz CT molecular complexity index is 885. The van der Waals surface area contributed by atoms with Crippen molar-refractivity contribution in [3.05, 3.63) is 59.1 Å². The molecule has 27 heavy (non-hydrogen) atoms. The summed E-state index contributed by atoms with van der Waals surface area (Å²) in [5.41, 5.74) is 1.19. The molecule has 0 unspecified atom stereocenters. The molecule has 0 saturated carbocycles. The number of sulfonamides is 1. The van der Waals surface area contributed by atoms with Gasteiger partial charge in [-0.25, -0.2) is 8.42 Å². The molecule has 0 heterocycles. The van der Waals surface area contributed by atoms with E-state index < -0.39 is 15.9 Å². The molecule has 0 radical (unpaired) electrons. The summed E-state index contributed by atoms with van der Waals surface area (Å²) in [5.74, 6) is -0.416. The van der Waals surface area contributed by atoms with E-state index in [2.05, 4.69) is 5.32 Å². The maximum absolute atomic E-state index is 13.2. The number of carbonyl (C=O) groups excluding carboxylic acids is 1. The van der Waals surface area contributed by atoms with Gasteiger partial charge in [0, 0.05) is 18.2 Å². The number of hydrogen-bond acceptors (Lipinski definition) is 4. The van der Waals surface area contributed by atoms with E-state index in [-0.39, 0.29) is 17.5 Å². The second-order valence-electron chi connectivity index (χ2n) is 6.18. The van der Waals surface area contributed by atoms with E-state index in [1.54, 1.807) is 32.0 Å². The third-order valence-corrected chi connectivity index (χ3v) is 5.92. The van der Waals surface area contributed by atoms with E-state index in [0.717, 1.165) is 9.87 Å². The lowest BCUT2D eigenvalue weighted by atomic mass is 10.2. The number of methoxy groups -OCH3 is 1. The summed E-state index contributed by atoms with van der Waals surface area (Å²) in [4.78, 5) is 12.5. The highest BCUT2D eigenvalue weighted by Crippen LogP contribution is 2.27. The third-order valence-electron chi connectivity index (χ3n) is 3.90. The summed E-state index contributed by atoms with van der Waals surface area (Å²) < 4.78 is 32.6. The Morgan fingerprint density at radius 3 is 2.41 bits per heavy atom. The van der Waals surface area contributed by atoms with Crippen LogP contribution in [0.3, 0.4) is 0 Å². The molecule has 1 N–H and O–H groups in total. The van der Waals surface area contributed by atoms with Gasteiger partial charge in [0.1, 0.15) is 6.54 Å². The molecule has 1 atom stereocenters. The summed E-state index contributed by atoms with van der Waals surface area (Å²) in [5, 5.41) is 3.17. The van der Waals surface area contributed by atoms with Gasteiger partial charge in [0.2, 0.25) is 5.91 Å². The van der Waals surface area contributed by atoms with Crippen LogP contribution in [0.2, 0.25) is 5.02 Å². The van der Waals surface area contributed by atoms with Gasteiger partial charge in [-0.3, -0.25) is 9.10 Å². The maximum atomic E-state index is 13.2. The monoisotopic (exact) mass is 410 g/mol. The average molecular weight is 411 g/mol. The highest BCUT2D eigenvalue weighted by molar-refractivity contribution is 7.92. The SMILES string of the molecule is COC[C@@H](C)NC(=O)CN(c1ccccc1C)S(=O)(=O)c1ccc(Cl)cc1. The van der Waals surface area contributed by atoms with Gasteiger partial charge in [-0.2, -0.15) is 0 Å². The molecule has 1 amide bonds. The molecule has 0 aliphatic heterocycles. The molecule has 146 valence electrons. The van der Waals surface area contributed by atoms with Crippen molar-refractivity contribution in [1.29, 1.82) is 0 Å². The van der Waals surface area contributed by atoms with Crippen LogP contribution in [0.1, 0.15) is 12.5 Å². The standard InChI is InChI=1S/C19H23ClN2O4S/c1-14-6-4-5-7-18(14)22(12-19(23)21-15(2)13-26-3)27(24,25)17-10-8-16(20)9-11-17/h4-11,15H,12-13H2,1-3H3,(H,21,23)/t15-/m1/s1. The zero-order valence-corrected chi connectivity index (χ0v) is 17.0. The van der Waals surface area contributed by atoms with Crippen LogP contribution >= 0.6 is 11.6 Å². The van der Waals surface area contributed by atoms with E-state index in [9.17, 15) is 13.2 Å². The Morgan fingerprint density at radius 1 is 1.19 bits per heavy atom. The highest BCUT2D eigenvalue weighted by Gasteiger charge is 2.28. The van der Waals surface area contributed by atoms with Crippen molar-refractivity contribution in [1.82, 2.24) is 5.32 Å². The number of nitrogens with zero attached hydrogens (tertiary/aromatic N) is 1. The molecular weight excluding hydrogens is 388 g/mol. The van der Waals surface area contributed by atoms with E-state index in [1.807, 2.05) is 6.07 Å². The van der Waals surface area contributed by atoms with Crippen LogP contribution in [0.25, 0.3) is 0 Å². The third kappa shape index (κ3) is 5.45. The van der Waals surface area contributed by atoms with Crippen molar-refractivity contribution in [3.8, 4) is 0 Å². The Morgan fingerprint density at radius 2 is 1.81 bits per heavy atom. The van der Waals surface area contributed by atoms with E-state index in [4.69, 9.17) is 16.3 Å². The lowest BCUT2D eigenvalue weighted by Gasteiger charge is -2.26. The van der Waals surface area contributed by atoms with Gasteiger partial charge in [0.05, 0.1) is 17.2 Å². The summed E-state index contributed by atoms with van der Waals surface area (Å²) in [7, 11) is -2.42. The molecule has 0 spiro atoms. The maximum Gasteiger partial charge on any atom is 0.264 e. The molecule has 2 aromatic rings. The number of rotatable bonds is 8. The predicted octanol–water partition coefficient (Wildman–Crippen LogP) is 2.99. The minimum absolute atomic E-state index is 0.0629. The van der Waals surface area contributed by atoms with Gasteiger partial charge in [0.25, 0.3) is 10.0 Å². The normalized spacial score (nSPS) is 12.4. The summed E-state index contributed by atoms with van der Waals surface area (Å²) >= 11 is 5.87. The van der Waals surface area contributed by atoms with Gasteiger partial charge in [0.15, 0.2) is 0 Å². The fourth-order valence-corrected chi connectivity index (χ4v) is 4.23. The van der Waals surface area contributed by atoms with E-state index in [1.165, 1.54) is 31.4 Å². The Labute approximate surface area is 165 Å². The number of nitrogens with one attached hydrogen (secondary N) is 1. The van der Waals surface area contributed by atoms with Gasteiger partial charge >= 0.3 is 0 Å². The summed E-state index contributed by atoms with van der Waals surface area (Å²) in [6.45, 7) is 3.57. The smallest absolute Gasteiger partial charge is 0.264 e. The topological polar surface area (TPSA) is 75.7 Å². The fourth-order valence-electron chi connectivity index (χ4n) is 2.62. The molecule has 0 aliphatic rings. The van der Waals surface area contributed by atoms with Gasteiger partial charge in [-0.1, -0.05) is 29.8 Å². The van der Waals surface area contributed by atoms with Crippen LogP contribution in [0.4, 0.5) is 5.69 Å². The second kappa shape index (κ2) is 9.21. The van der Waals surface area contributed by atoms with Crippen molar-refractivity contribution in [2.45, 2.75) is 24.8 Å². The van der Waals surface area contributed by atoms with Crippen molar-refractivity contribution in [2.75, 3.05) is 24.6 Å². The summed E-state index contributed by atoms with van der Waals surface area (Å²) in [6.07, 6.45) is 0. The number of anilines is 1.